The van der Waals surface area contributed by atoms with Crippen LogP contribution in [0.4, 0.5) is 0 Å². The lowest BCUT2D eigenvalue weighted by Gasteiger charge is -2.05. The van der Waals surface area contributed by atoms with Crippen LogP contribution < -0.4 is 5.32 Å². The second-order valence-corrected chi connectivity index (χ2v) is 4.11. The Balaban J connectivity index is 2.14. The zero-order chi connectivity index (χ0) is 15.5. The maximum Gasteiger partial charge on any atom is 0.357 e. The topological polar surface area (TPSA) is 112 Å². The summed E-state index contributed by atoms with van der Waals surface area (Å²) >= 11 is 0. The van der Waals surface area contributed by atoms with E-state index < -0.39 is 5.97 Å². The molecule has 0 unspecified atom stereocenters. The SMILES string of the molecule is N=N/C(=C\NCCCCOC(=O)c1ccccc1)C(=O)O. The summed E-state index contributed by atoms with van der Waals surface area (Å²) in [5.41, 5.74) is 6.80. The van der Waals surface area contributed by atoms with Crippen molar-refractivity contribution in [3.63, 3.8) is 0 Å². The molecule has 0 aliphatic rings. The number of nitrogens with one attached hydrogen (secondary N) is 2. The zero-order valence-corrected chi connectivity index (χ0v) is 11.4. The summed E-state index contributed by atoms with van der Waals surface area (Å²) in [6.45, 7) is 0.808. The largest absolute Gasteiger partial charge is 0.476 e. The number of nitrogens with zero attached hydrogens (tertiary/aromatic N) is 1. The second kappa shape index (κ2) is 9.24. The average molecular weight is 291 g/mol. The molecule has 0 atom stereocenters. The first-order valence-electron chi connectivity index (χ1n) is 6.41. The summed E-state index contributed by atoms with van der Waals surface area (Å²) in [5.74, 6) is -1.61. The molecule has 0 aromatic heterocycles. The molecule has 7 nitrogen and oxygen atoms in total. The van der Waals surface area contributed by atoms with Gasteiger partial charge in [0.25, 0.3) is 0 Å². The van der Waals surface area contributed by atoms with Gasteiger partial charge in [-0.25, -0.2) is 15.1 Å². The highest BCUT2D eigenvalue weighted by atomic mass is 16.5. The van der Waals surface area contributed by atoms with Crippen LogP contribution in [-0.4, -0.2) is 30.2 Å². The van der Waals surface area contributed by atoms with Crippen LogP contribution in [0, 0.1) is 5.53 Å². The molecule has 1 aromatic rings. The summed E-state index contributed by atoms with van der Waals surface area (Å²) in [6.07, 6.45) is 2.52. The molecular formula is C14H17N3O4. The van der Waals surface area contributed by atoms with Crippen LogP contribution in [0.15, 0.2) is 47.3 Å². The van der Waals surface area contributed by atoms with E-state index in [1.165, 1.54) is 6.20 Å². The second-order valence-electron chi connectivity index (χ2n) is 4.11. The molecule has 0 spiro atoms. The molecule has 0 radical (unpaired) electrons. The number of esters is 1. The lowest BCUT2D eigenvalue weighted by atomic mass is 10.2. The lowest BCUT2D eigenvalue weighted by Crippen LogP contribution is -2.12. The standard InChI is InChI=1S/C14H17N3O4/c15-17-12(13(18)19)10-16-8-4-5-9-21-14(20)11-6-2-1-3-7-11/h1-3,6-7,10,15-16H,4-5,8-9H2,(H,18,19)/b12-10-,17-15?. The predicted molar refractivity (Wildman–Crippen MR) is 74.8 cm³/mol. The number of rotatable bonds is 9. The summed E-state index contributed by atoms with van der Waals surface area (Å²) in [7, 11) is 0. The number of benzene rings is 1. The van der Waals surface area contributed by atoms with Gasteiger partial charge in [-0.3, -0.25) is 0 Å². The van der Waals surface area contributed by atoms with Gasteiger partial charge in [-0.2, -0.15) is 0 Å². The third-order valence-corrected chi connectivity index (χ3v) is 2.54. The number of carbonyl (C=O) groups excluding carboxylic acids is 1. The molecule has 0 saturated carbocycles. The van der Waals surface area contributed by atoms with Crippen molar-refractivity contribution in [2.24, 2.45) is 5.11 Å². The summed E-state index contributed by atoms with van der Waals surface area (Å²) < 4.78 is 5.09. The highest BCUT2D eigenvalue weighted by molar-refractivity contribution is 5.89. The van der Waals surface area contributed by atoms with E-state index in [9.17, 15) is 9.59 Å². The van der Waals surface area contributed by atoms with Gasteiger partial charge in [-0.15, -0.1) is 5.11 Å². The van der Waals surface area contributed by atoms with Gasteiger partial charge in [0.2, 0.25) is 0 Å². The highest BCUT2D eigenvalue weighted by Crippen LogP contribution is 2.02. The van der Waals surface area contributed by atoms with Crippen LogP contribution in [0.1, 0.15) is 23.2 Å². The van der Waals surface area contributed by atoms with Gasteiger partial charge < -0.3 is 15.2 Å². The Labute approximate surface area is 122 Å². The van der Waals surface area contributed by atoms with E-state index in [2.05, 4.69) is 10.4 Å². The van der Waals surface area contributed by atoms with Crippen molar-refractivity contribution in [2.75, 3.05) is 13.2 Å². The van der Waals surface area contributed by atoms with Crippen molar-refractivity contribution in [1.29, 1.82) is 5.53 Å². The number of hydrogen-bond donors (Lipinski definition) is 3. The number of carbonyl (C=O) groups is 2. The normalized spacial score (nSPS) is 10.8. The fourth-order valence-electron chi connectivity index (χ4n) is 1.46. The first-order valence-corrected chi connectivity index (χ1v) is 6.41. The van der Waals surface area contributed by atoms with Crippen molar-refractivity contribution in [3.05, 3.63) is 47.8 Å². The van der Waals surface area contributed by atoms with E-state index in [1.54, 1.807) is 24.3 Å². The van der Waals surface area contributed by atoms with Crippen molar-refractivity contribution in [1.82, 2.24) is 5.32 Å². The van der Waals surface area contributed by atoms with E-state index >= 15 is 0 Å². The minimum absolute atomic E-state index is 0.299. The summed E-state index contributed by atoms with van der Waals surface area (Å²) in [5, 5.41) is 14.2. The van der Waals surface area contributed by atoms with E-state index in [0.29, 0.717) is 31.6 Å². The Bertz CT molecular complexity index is 514. The highest BCUT2D eigenvalue weighted by Gasteiger charge is 2.05. The van der Waals surface area contributed by atoms with E-state index in [-0.39, 0.29) is 11.7 Å². The third-order valence-electron chi connectivity index (χ3n) is 2.54. The smallest absolute Gasteiger partial charge is 0.357 e. The van der Waals surface area contributed by atoms with E-state index in [4.69, 9.17) is 15.4 Å². The Morgan fingerprint density at radius 1 is 1.29 bits per heavy atom. The van der Waals surface area contributed by atoms with Crippen LogP contribution in [0.2, 0.25) is 0 Å². The fourth-order valence-corrected chi connectivity index (χ4v) is 1.46. The number of carboxylic acid groups (broad SMARTS) is 1. The molecule has 0 heterocycles. The predicted octanol–water partition coefficient (Wildman–Crippen LogP) is 2.17. The zero-order valence-electron chi connectivity index (χ0n) is 11.4. The van der Waals surface area contributed by atoms with Crippen molar-refractivity contribution >= 4 is 11.9 Å². The molecule has 7 heteroatoms. The lowest BCUT2D eigenvalue weighted by molar-refractivity contribution is -0.132. The van der Waals surface area contributed by atoms with Crippen LogP contribution in [0.3, 0.4) is 0 Å². The molecule has 0 fully saturated rings. The number of hydrogen-bond acceptors (Lipinski definition) is 6. The fraction of sp³-hybridized carbons (Fsp3) is 0.286. The Morgan fingerprint density at radius 2 is 2.00 bits per heavy atom. The van der Waals surface area contributed by atoms with Crippen LogP contribution in [0.25, 0.3) is 0 Å². The van der Waals surface area contributed by atoms with Gasteiger partial charge in [-0.05, 0) is 25.0 Å². The molecule has 0 aliphatic carbocycles. The molecule has 0 bridgehead atoms. The van der Waals surface area contributed by atoms with Crippen molar-refractivity contribution in [2.45, 2.75) is 12.8 Å². The molecule has 1 aromatic carbocycles. The third kappa shape index (κ3) is 6.33. The molecule has 21 heavy (non-hydrogen) atoms. The molecule has 1 rings (SSSR count). The van der Waals surface area contributed by atoms with Gasteiger partial charge >= 0.3 is 11.9 Å². The number of ether oxygens (including phenoxy) is 1. The summed E-state index contributed by atoms with van der Waals surface area (Å²) in [6, 6.07) is 8.73. The van der Waals surface area contributed by atoms with Crippen LogP contribution in [0.5, 0.6) is 0 Å². The molecule has 0 saturated heterocycles. The van der Waals surface area contributed by atoms with E-state index in [0.717, 1.165) is 0 Å². The van der Waals surface area contributed by atoms with Gasteiger partial charge in [0.1, 0.15) is 0 Å². The minimum atomic E-state index is -1.26. The van der Waals surface area contributed by atoms with Gasteiger partial charge in [0.05, 0.1) is 12.2 Å². The number of aliphatic carboxylic acids is 1. The monoisotopic (exact) mass is 291 g/mol. The molecule has 0 aliphatic heterocycles. The Kier molecular flexibility index (Phi) is 7.20. The molecule has 0 amide bonds. The van der Waals surface area contributed by atoms with Gasteiger partial charge in [0.15, 0.2) is 5.70 Å². The minimum Gasteiger partial charge on any atom is -0.476 e. The molecule has 3 N–H and O–H groups in total. The number of carboxylic acids is 1. The molecular weight excluding hydrogens is 274 g/mol. The van der Waals surface area contributed by atoms with Crippen molar-refractivity contribution in [3.8, 4) is 0 Å². The van der Waals surface area contributed by atoms with Crippen LogP contribution >= 0.6 is 0 Å². The van der Waals surface area contributed by atoms with Crippen LogP contribution in [-0.2, 0) is 9.53 Å². The van der Waals surface area contributed by atoms with E-state index in [1.807, 2.05) is 6.07 Å². The Hall–Kier alpha value is -2.70. The Morgan fingerprint density at radius 3 is 2.62 bits per heavy atom. The van der Waals surface area contributed by atoms with Gasteiger partial charge in [0, 0.05) is 12.7 Å². The quantitative estimate of drug-likeness (QED) is 0.279. The first-order chi connectivity index (χ1) is 10.1. The number of unbranched alkanes of at least 4 members (excludes halogenated alkanes) is 1. The maximum absolute atomic E-state index is 11.6. The average Bonchev–Trinajstić information content (AvgIpc) is 2.50. The molecule has 112 valence electrons. The van der Waals surface area contributed by atoms with Gasteiger partial charge in [-0.1, -0.05) is 18.2 Å². The maximum atomic E-state index is 11.6. The first kappa shape index (κ1) is 16.4. The summed E-state index contributed by atoms with van der Waals surface area (Å²) in [4.78, 5) is 22.1. The van der Waals surface area contributed by atoms with Crippen molar-refractivity contribution < 1.29 is 19.4 Å².